The lowest BCUT2D eigenvalue weighted by Crippen LogP contribution is -2.34. The van der Waals surface area contributed by atoms with Crippen molar-refractivity contribution in [2.24, 2.45) is 5.92 Å². The Bertz CT molecular complexity index is 657. The number of hydrogen-bond acceptors (Lipinski definition) is 3. The van der Waals surface area contributed by atoms with Crippen molar-refractivity contribution in [2.45, 2.75) is 31.9 Å². The molecule has 1 amide bonds. The first-order valence-corrected chi connectivity index (χ1v) is 8.00. The van der Waals surface area contributed by atoms with Crippen LogP contribution in [0.4, 0.5) is 0 Å². The summed E-state index contributed by atoms with van der Waals surface area (Å²) in [6, 6.07) is 17.2. The summed E-state index contributed by atoms with van der Waals surface area (Å²) in [4.78, 5) is 12.1. The summed E-state index contributed by atoms with van der Waals surface area (Å²) in [6.45, 7) is 0.439. The van der Waals surface area contributed by atoms with Gasteiger partial charge in [0.05, 0.1) is 12.0 Å². The predicted octanol–water partition coefficient (Wildman–Crippen LogP) is 3.26. The highest BCUT2D eigenvalue weighted by molar-refractivity contribution is 5.79. The molecule has 0 heterocycles. The maximum Gasteiger partial charge on any atom is 0.225 e. The van der Waals surface area contributed by atoms with Crippen molar-refractivity contribution >= 4 is 5.91 Å². The maximum atomic E-state index is 12.1. The summed E-state index contributed by atoms with van der Waals surface area (Å²) in [5, 5.41) is 12.7. The Kier molecular flexibility index (Phi) is 4.93. The molecule has 120 valence electrons. The van der Waals surface area contributed by atoms with Crippen LogP contribution in [0.2, 0.25) is 0 Å². The number of carbonyl (C=O) groups excluding carboxylic acids is 1. The lowest BCUT2D eigenvalue weighted by atomic mass is 10.1. The maximum absolute atomic E-state index is 12.1. The molecule has 2 N–H and O–H groups in total. The van der Waals surface area contributed by atoms with E-state index in [2.05, 4.69) is 5.32 Å². The van der Waals surface area contributed by atoms with Crippen molar-refractivity contribution in [1.82, 2.24) is 5.32 Å². The van der Waals surface area contributed by atoms with Gasteiger partial charge in [-0.05, 0) is 49.1 Å². The molecule has 0 saturated heterocycles. The van der Waals surface area contributed by atoms with E-state index in [0.29, 0.717) is 6.54 Å². The number of aliphatic hydroxyl groups is 1. The third-order valence-corrected chi connectivity index (χ3v) is 4.16. The molecule has 23 heavy (non-hydrogen) atoms. The monoisotopic (exact) mass is 311 g/mol. The number of para-hydroxylation sites is 1. The van der Waals surface area contributed by atoms with Crippen molar-refractivity contribution in [1.29, 1.82) is 0 Å². The standard InChI is InChI=1S/C19H21NO3/c21-18-11-5-10-17(18)19(22)20-13-14-6-4-9-16(12-14)23-15-7-2-1-3-8-15/h1-4,6-9,12,17-18,21H,5,10-11,13H2,(H,20,22). The summed E-state index contributed by atoms with van der Waals surface area (Å²) in [5.41, 5.74) is 0.972. The van der Waals surface area contributed by atoms with E-state index in [1.165, 1.54) is 0 Å². The molecule has 1 aliphatic carbocycles. The Labute approximate surface area is 136 Å². The van der Waals surface area contributed by atoms with Crippen LogP contribution in [0.3, 0.4) is 0 Å². The van der Waals surface area contributed by atoms with Gasteiger partial charge in [-0.1, -0.05) is 30.3 Å². The van der Waals surface area contributed by atoms with Gasteiger partial charge in [-0.25, -0.2) is 0 Å². The van der Waals surface area contributed by atoms with Crippen LogP contribution in [0.15, 0.2) is 54.6 Å². The van der Waals surface area contributed by atoms with Gasteiger partial charge in [-0.15, -0.1) is 0 Å². The lowest BCUT2D eigenvalue weighted by Gasteiger charge is -2.14. The highest BCUT2D eigenvalue weighted by Gasteiger charge is 2.31. The van der Waals surface area contributed by atoms with Gasteiger partial charge in [0.15, 0.2) is 0 Å². The summed E-state index contributed by atoms with van der Waals surface area (Å²) in [7, 11) is 0. The average molecular weight is 311 g/mol. The fourth-order valence-corrected chi connectivity index (χ4v) is 2.91. The van der Waals surface area contributed by atoms with Crippen molar-refractivity contribution in [3.8, 4) is 11.5 Å². The Morgan fingerprint density at radius 1 is 1.09 bits per heavy atom. The fraction of sp³-hybridized carbons (Fsp3) is 0.316. The Hall–Kier alpha value is -2.33. The van der Waals surface area contributed by atoms with E-state index in [0.717, 1.165) is 36.3 Å². The zero-order valence-electron chi connectivity index (χ0n) is 12.9. The largest absolute Gasteiger partial charge is 0.457 e. The molecule has 1 saturated carbocycles. The molecule has 1 aliphatic rings. The molecule has 1 fully saturated rings. The second-order valence-electron chi connectivity index (χ2n) is 5.89. The van der Waals surface area contributed by atoms with Gasteiger partial charge < -0.3 is 15.2 Å². The number of aliphatic hydroxyl groups excluding tert-OH is 1. The molecule has 2 aromatic rings. The van der Waals surface area contributed by atoms with E-state index in [-0.39, 0.29) is 11.8 Å². The van der Waals surface area contributed by atoms with Crippen LogP contribution in [0.5, 0.6) is 11.5 Å². The van der Waals surface area contributed by atoms with E-state index in [9.17, 15) is 9.90 Å². The van der Waals surface area contributed by atoms with E-state index in [1.54, 1.807) is 0 Å². The van der Waals surface area contributed by atoms with Gasteiger partial charge in [0.1, 0.15) is 11.5 Å². The van der Waals surface area contributed by atoms with E-state index in [4.69, 9.17) is 4.74 Å². The zero-order valence-corrected chi connectivity index (χ0v) is 12.9. The molecule has 2 unspecified atom stereocenters. The van der Waals surface area contributed by atoms with Crippen LogP contribution in [-0.2, 0) is 11.3 Å². The second kappa shape index (κ2) is 7.29. The molecule has 4 heteroatoms. The average Bonchev–Trinajstić information content (AvgIpc) is 3.00. The second-order valence-corrected chi connectivity index (χ2v) is 5.89. The SMILES string of the molecule is O=C(NCc1cccc(Oc2ccccc2)c1)C1CCCC1O. The highest BCUT2D eigenvalue weighted by atomic mass is 16.5. The van der Waals surface area contributed by atoms with Gasteiger partial charge in [0.25, 0.3) is 0 Å². The first-order chi connectivity index (χ1) is 11.2. The summed E-state index contributed by atoms with van der Waals surface area (Å²) >= 11 is 0. The highest BCUT2D eigenvalue weighted by Crippen LogP contribution is 2.26. The number of amides is 1. The van der Waals surface area contributed by atoms with Crippen LogP contribution < -0.4 is 10.1 Å². The molecule has 0 spiro atoms. The number of rotatable bonds is 5. The van der Waals surface area contributed by atoms with Crippen molar-refractivity contribution < 1.29 is 14.6 Å². The molecule has 0 bridgehead atoms. The summed E-state index contributed by atoms with van der Waals surface area (Å²) < 4.78 is 5.79. The number of ether oxygens (including phenoxy) is 1. The van der Waals surface area contributed by atoms with Crippen molar-refractivity contribution in [2.75, 3.05) is 0 Å². The molecular weight excluding hydrogens is 290 g/mol. The minimum atomic E-state index is -0.497. The molecule has 2 aromatic carbocycles. The van der Waals surface area contributed by atoms with Gasteiger partial charge in [0, 0.05) is 6.54 Å². The van der Waals surface area contributed by atoms with Gasteiger partial charge >= 0.3 is 0 Å². The first kappa shape index (κ1) is 15.6. The molecule has 3 rings (SSSR count). The molecule has 0 aromatic heterocycles. The van der Waals surface area contributed by atoms with Gasteiger partial charge in [0.2, 0.25) is 5.91 Å². The number of benzene rings is 2. The number of nitrogens with one attached hydrogen (secondary N) is 1. The quantitative estimate of drug-likeness (QED) is 0.891. The van der Waals surface area contributed by atoms with Crippen molar-refractivity contribution in [3.05, 3.63) is 60.2 Å². The van der Waals surface area contributed by atoms with E-state index >= 15 is 0 Å². The molecule has 0 radical (unpaired) electrons. The molecule has 2 atom stereocenters. The fourth-order valence-electron chi connectivity index (χ4n) is 2.91. The van der Waals surface area contributed by atoms with E-state index in [1.807, 2.05) is 54.6 Å². The lowest BCUT2D eigenvalue weighted by molar-refractivity contribution is -0.127. The van der Waals surface area contributed by atoms with Gasteiger partial charge in [-0.2, -0.15) is 0 Å². The van der Waals surface area contributed by atoms with Crippen LogP contribution in [0, 0.1) is 5.92 Å². The van der Waals surface area contributed by atoms with Crippen LogP contribution in [-0.4, -0.2) is 17.1 Å². The summed E-state index contributed by atoms with van der Waals surface area (Å²) in [5.74, 6) is 1.19. The smallest absolute Gasteiger partial charge is 0.225 e. The minimum Gasteiger partial charge on any atom is -0.457 e. The van der Waals surface area contributed by atoms with Crippen LogP contribution in [0.1, 0.15) is 24.8 Å². The Balaban J connectivity index is 1.58. The van der Waals surface area contributed by atoms with Gasteiger partial charge in [-0.3, -0.25) is 4.79 Å². The summed E-state index contributed by atoms with van der Waals surface area (Å²) in [6.07, 6.45) is 1.91. The van der Waals surface area contributed by atoms with Crippen LogP contribution >= 0.6 is 0 Å². The zero-order chi connectivity index (χ0) is 16.1. The molecule has 4 nitrogen and oxygen atoms in total. The van der Waals surface area contributed by atoms with E-state index < -0.39 is 6.10 Å². The van der Waals surface area contributed by atoms with Crippen molar-refractivity contribution in [3.63, 3.8) is 0 Å². The third-order valence-electron chi connectivity index (χ3n) is 4.16. The molecule has 0 aliphatic heterocycles. The topological polar surface area (TPSA) is 58.6 Å². The Morgan fingerprint density at radius 2 is 1.87 bits per heavy atom. The predicted molar refractivity (Wildman–Crippen MR) is 88.2 cm³/mol. The normalized spacial score (nSPS) is 20.2. The minimum absolute atomic E-state index is 0.0654. The van der Waals surface area contributed by atoms with Crippen LogP contribution in [0.25, 0.3) is 0 Å². The third kappa shape index (κ3) is 4.11. The first-order valence-electron chi connectivity index (χ1n) is 8.00. The molecular formula is C19H21NO3. The number of hydrogen-bond donors (Lipinski definition) is 2. The Morgan fingerprint density at radius 3 is 2.61 bits per heavy atom. The number of carbonyl (C=O) groups is 1.